The number of nitrogens with two attached hydrogens (primary N) is 1. The fourth-order valence-corrected chi connectivity index (χ4v) is 3.06. The van der Waals surface area contributed by atoms with Crippen molar-refractivity contribution < 1.29 is 9.59 Å². The molecule has 2 amide bonds. The predicted octanol–water partition coefficient (Wildman–Crippen LogP) is 2.40. The number of amides is 2. The van der Waals surface area contributed by atoms with E-state index in [9.17, 15) is 9.59 Å². The van der Waals surface area contributed by atoms with Crippen molar-refractivity contribution in [1.29, 1.82) is 0 Å². The third-order valence-corrected chi connectivity index (χ3v) is 5.41. The van der Waals surface area contributed by atoms with Gasteiger partial charge in [0.05, 0.1) is 34.3 Å². The van der Waals surface area contributed by atoms with E-state index in [4.69, 9.17) is 5.73 Å². The lowest BCUT2D eigenvalue weighted by Gasteiger charge is -2.08. The average Bonchev–Trinajstić information content (AvgIpc) is 3.10. The van der Waals surface area contributed by atoms with Gasteiger partial charge in [-0.25, -0.2) is 0 Å². The zero-order valence-corrected chi connectivity index (χ0v) is 16.7. The standard InChI is InChI=1S/C18H19BrN6O2/c1-10-15(19)11(2)25(23-10)9-12-4-6-13(7-5-12)18(27)22-14-8-21-24(3)16(14)17(20)26/h4-8H,9H2,1-3H3,(H2,20,26)(H,22,27). The average molecular weight is 431 g/mol. The van der Waals surface area contributed by atoms with Crippen molar-refractivity contribution in [3.8, 4) is 0 Å². The van der Waals surface area contributed by atoms with Gasteiger partial charge >= 0.3 is 0 Å². The number of benzene rings is 1. The van der Waals surface area contributed by atoms with Gasteiger partial charge in [-0.2, -0.15) is 10.2 Å². The van der Waals surface area contributed by atoms with E-state index >= 15 is 0 Å². The van der Waals surface area contributed by atoms with Crippen molar-refractivity contribution in [2.45, 2.75) is 20.4 Å². The molecule has 0 atom stereocenters. The molecule has 3 N–H and O–H groups in total. The van der Waals surface area contributed by atoms with Crippen molar-refractivity contribution in [3.05, 3.63) is 63.1 Å². The van der Waals surface area contributed by atoms with Crippen LogP contribution >= 0.6 is 15.9 Å². The Hall–Kier alpha value is -2.94. The molecular weight excluding hydrogens is 412 g/mol. The second-order valence-corrected chi connectivity index (χ2v) is 6.98. The minimum atomic E-state index is -0.656. The molecule has 0 aliphatic carbocycles. The summed E-state index contributed by atoms with van der Waals surface area (Å²) in [7, 11) is 1.59. The molecule has 3 rings (SSSR count). The largest absolute Gasteiger partial charge is 0.364 e. The summed E-state index contributed by atoms with van der Waals surface area (Å²) in [6.07, 6.45) is 1.40. The van der Waals surface area contributed by atoms with Gasteiger partial charge in [0.15, 0.2) is 0 Å². The number of aromatic nitrogens is 4. The molecule has 0 aliphatic rings. The Morgan fingerprint density at radius 1 is 1.22 bits per heavy atom. The number of halogens is 1. The Morgan fingerprint density at radius 3 is 2.44 bits per heavy atom. The highest BCUT2D eigenvalue weighted by molar-refractivity contribution is 9.10. The molecule has 0 saturated heterocycles. The van der Waals surface area contributed by atoms with Crippen molar-refractivity contribution in [2.24, 2.45) is 12.8 Å². The number of rotatable bonds is 5. The molecule has 0 fully saturated rings. The van der Waals surface area contributed by atoms with Crippen molar-refractivity contribution in [2.75, 3.05) is 5.32 Å². The quantitative estimate of drug-likeness (QED) is 0.647. The summed E-state index contributed by atoms with van der Waals surface area (Å²) in [6.45, 7) is 4.55. The van der Waals surface area contributed by atoms with Gasteiger partial charge in [-0.05, 0) is 47.5 Å². The molecule has 2 heterocycles. The second-order valence-electron chi connectivity index (χ2n) is 6.19. The normalized spacial score (nSPS) is 10.8. The molecule has 0 spiro atoms. The zero-order valence-electron chi connectivity index (χ0n) is 15.2. The summed E-state index contributed by atoms with van der Waals surface area (Å²) in [4.78, 5) is 23.9. The lowest BCUT2D eigenvalue weighted by Crippen LogP contribution is -2.20. The van der Waals surface area contributed by atoms with Crippen LogP contribution in [0, 0.1) is 13.8 Å². The van der Waals surface area contributed by atoms with Crippen LogP contribution in [0.2, 0.25) is 0 Å². The summed E-state index contributed by atoms with van der Waals surface area (Å²) in [6, 6.07) is 7.20. The third-order valence-electron chi connectivity index (χ3n) is 4.26. The van der Waals surface area contributed by atoms with Gasteiger partial charge in [-0.3, -0.25) is 19.0 Å². The first-order valence-corrected chi connectivity index (χ1v) is 8.98. The molecule has 0 unspecified atom stereocenters. The van der Waals surface area contributed by atoms with Gasteiger partial charge in [0, 0.05) is 12.6 Å². The van der Waals surface area contributed by atoms with E-state index in [1.54, 1.807) is 19.2 Å². The van der Waals surface area contributed by atoms with Gasteiger partial charge < -0.3 is 11.1 Å². The minimum Gasteiger partial charge on any atom is -0.364 e. The number of carbonyl (C=O) groups is 2. The summed E-state index contributed by atoms with van der Waals surface area (Å²) in [5.41, 5.74) is 9.23. The monoisotopic (exact) mass is 430 g/mol. The zero-order chi connectivity index (χ0) is 19.7. The van der Waals surface area contributed by atoms with Crippen LogP contribution in [0.15, 0.2) is 34.9 Å². The van der Waals surface area contributed by atoms with Crippen LogP contribution in [0.5, 0.6) is 0 Å². The van der Waals surface area contributed by atoms with Crippen LogP contribution in [-0.2, 0) is 13.6 Å². The molecule has 140 valence electrons. The van der Waals surface area contributed by atoms with Gasteiger partial charge in [-0.1, -0.05) is 12.1 Å². The molecule has 9 heteroatoms. The number of primary amides is 1. The molecule has 0 radical (unpaired) electrons. The Kier molecular flexibility index (Phi) is 5.13. The Morgan fingerprint density at radius 2 is 1.89 bits per heavy atom. The van der Waals surface area contributed by atoms with Gasteiger partial charge in [-0.15, -0.1) is 0 Å². The number of hydrogen-bond acceptors (Lipinski definition) is 4. The first kappa shape index (κ1) is 18.8. The Labute approximate surface area is 164 Å². The fraction of sp³-hybridized carbons (Fsp3) is 0.222. The number of hydrogen-bond donors (Lipinski definition) is 2. The summed E-state index contributed by atoms with van der Waals surface area (Å²) < 4.78 is 4.23. The molecule has 1 aromatic carbocycles. The second kappa shape index (κ2) is 7.36. The first-order valence-electron chi connectivity index (χ1n) is 8.19. The lowest BCUT2D eigenvalue weighted by atomic mass is 10.1. The van der Waals surface area contributed by atoms with E-state index in [2.05, 4.69) is 31.4 Å². The van der Waals surface area contributed by atoms with E-state index in [1.807, 2.05) is 30.7 Å². The van der Waals surface area contributed by atoms with E-state index in [0.29, 0.717) is 12.1 Å². The van der Waals surface area contributed by atoms with E-state index in [1.165, 1.54) is 10.9 Å². The Bertz CT molecular complexity index is 1020. The minimum absolute atomic E-state index is 0.148. The highest BCUT2D eigenvalue weighted by atomic mass is 79.9. The van der Waals surface area contributed by atoms with E-state index in [-0.39, 0.29) is 17.3 Å². The summed E-state index contributed by atoms with van der Waals surface area (Å²) in [5.74, 6) is -0.998. The van der Waals surface area contributed by atoms with Crippen molar-refractivity contribution >= 4 is 33.4 Å². The topological polar surface area (TPSA) is 108 Å². The molecule has 2 aromatic heterocycles. The maximum atomic E-state index is 12.4. The molecule has 0 bridgehead atoms. The number of carbonyl (C=O) groups excluding carboxylic acids is 2. The lowest BCUT2D eigenvalue weighted by molar-refractivity contribution is 0.0992. The molecule has 3 aromatic rings. The van der Waals surface area contributed by atoms with Crippen LogP contribution in [0.3, 0.4) is 0 Å². The summed E-state index contributed by atoms with van der Waals surface area (Å²) in [5, 5.41) is 11.1. The maximum Gasteiger partial charge on any atom is 0.269 e. The maximum absolute atomic E-state index is 12.4. The molecule has 0 aliphatic heterocycles. The summed E-state index contributed by atoms with van der Waals surface area (Å²) >= 11 is 3.52. The highest BCUT2D eigenvalue weighted by Gasteiger charge is 2.17. The van der Waals surface area contributed by atoms with Gasteiger partial charge in [0.25, 0.3) is 11.8 Å². The number of aryl methyl sites for hydroxylation is 2. The fourth-order valence-electron chi connectivity index (χ4n) is 2.78. The molecule has 27 heavy (non-hydrogen) atoms. The third kappa shape index (κ3) is 3.77. The SMILES string of the molecule is Cc1nn(Cc2ccc(C(=O)Nc3cnn(C)c3C(N)=O)cc2)c(C)c1Br. The molecule has 8 nitrogen and oxygen atoms in total. The number of anilines is 1. The predicted molar refractivity (Wildman–Crippen MR) is 105 cm³/mol. The number of nitrogens with one attached hydrogen (secondary N) is 1. The van der Waals surface area contributed by atoms with Crippen LogP contribution in [0.25, 0.3) is 0 Å². The first-order chi connectivity index (χ1) is 12.8. The molecular formula is C18H19BrN6O2. The van der Waals surface area contributed by atoms with Crippen molar-refractivity contribution in [3.63, 3.8) is 0 Å². The van der Waals surface area contributed by atoms with Crippen LogP contribution in [0.4, 0.5) is 5.69 Å². The van der Waals surface area contributed by atoms with Gasteiger partial charge in [0.1, 0.15) is 5.69 Å². The molecule has 0 saturated carbocycles. The van der Waals surface area contributed by atoms with E-state index < -0.39 is 5.91 Å². The van der Waals surface area contributed by atoms with Gasteiger partial charge in [0.2, 0.25) is 0 Å². The van der Waals surface area contributed by atoms with E-state index in [0.717, 1.165) is 21.4 Å². The number of nitrogens with zero attached hydrogens (tertiary/aromatic N) is 4. The van der Waals surface area contributed by atoms with Crippen LogP contribution < -0.4 is 11.1 Å². The Balaban J connectivity index is 1.74. The highest BCUT2D eigenvalue weighted by Crippen LogP contribution is 2.21. The van der Waals surface area contributed by atoms with Crippen molar-refractivity contribution in [1.82, 2.24) is 19.6 Å². The smallest absolute Gasteiger partial charge is 0.269 e. The van der Waals surface area contributed by atoms with Crippen LogP contribution in [-0.4, -0.2) is 31.4 Å². The van der Waals surface area contributed by atoms with Crippen LogP contribution in [0.1, 0.15) is 37.8 Å².